The van der Waals surface area contributed by atoms with E-state index in [-0.39, 0.29) is 41.1 Å². The summed E-state index contributed by atoms with van der Waals surface area (Å²) in [5.74, 6) is -1.67. The zero-order valence-corrected chi connectivity index (χ0v) is 23.3. The number of amides is 2. The van der Waals surface area contributed by atoms with Crippen molar-refractivity contribution in [2.45, 2.75) is 12.8 Å². The number of nitrogens with zero attached hydrogens (tertiary/aromatic N) is 1. The monoisotopic (exact) mass is 585 g/mol. The van der Waals surface area contributed by atoms with Crippen LogP contribution in [0.5, 0.6) is 23.0 Å². The molecule has 2 N–H and O–H groups in total. The van der Waals surface area contributed by atoms with Crippen molar-refractivity contribution in [3.63, 3.8) is 0 Å². The summed E-state index contributed by atoms with van der Waals surface area (Å²) in [7, 11) is 1.41. The minimum absolute atomic E-state index is 0. The molecule has 2 amide bonds. The van der Waals surface area contributed by atoms with E-state index in [0.717, 1.165) is 0 Å². The molecule has 0 atom stereocenters. The predicted molar refractivity (Wildman–Crippen MR) is 146 cm³/mol. The van der Waals surface area contributed by atoms with E-state index in [1.807, 2.05) is 0 Å². The summed E-state index contributed by atoms with van der Waals surface area (Å²) < 4.78 is 29.8. The third-order valence-electron chi connectivity index (χ3n) is 6.46. The van der Waals surface area contributed by atoms with Gasteiger partial charge in [-0.2, -0.15) is 0 Å². The third kappa shape index (κ3) is 6.60. The van der Waals surface area contributed by atoms with E-state index in [4.69, 9.17) is 25.8 Å². The van der Waals surface area contributed by atoms with Crippen molar-refractivity contribution < 1.29 is 57.0 Å². The number of methoxy groups -OCH3 is 1. The number of carbonyl (C=O) groups excluding carboxylic acids is 3. The van der Waals surface area contributed by atoms with E-state index in [1.165, 1.54) is 49.7 Å². The molecule has 1 aliphatic carbocycles. The maximum absolute atomic E-state index is 13.2. The summed E-state index contributed by atoms with van der Waals surface area (Å²) in [5.41, 5.74) is -0.0220. The number of aromatic nitrogens is 1. The summed E-state index contributed by atoms with van der Waals surface area (Å²) in [5, 5.41) is 16.9. The molecule has 1 aliphatic rings. The average Bonchev–Trinajstić information content (AvgIpc) is 3.77. The van der Waals surface area contributed by atoms with Gasteiger partial charge in [0.05, 0.1) is 23.6 Å². The summed E-state index contributed by atoms with van der Waals surface area (Å²) >= 11 is 6.47. The second-order valence-corrected chi connectivity index (χ2v) is 9.64. The molecule has 13 heteroatoms. The second kappa shape index (κ2) is 12.7. The minimum atomic E-state index is -1.38. The summed E-state index contributed by atoms with van der Waals surface area (Å²) in [6, 6.07) is 14.7. The molecule has 0 saturated heterocycles. The fourth-order valence-electron chi connectivity index (χ4n) is 4.12. The number of carboxylic acids is 1. The van der Waals surface area contributed by atoms with Gasteiger partial charge < -0.3 is 34.7 Å². The number of anilines is 2. The Morgan fingerprint density at radius 3 is 2.21 bits per heavy atom. The first-order chi connectivity index (χ1) is 19.7. The van der Waals surface area contributed by atoms with Gasteiger partial charge in [-0.3, -0.25) is 14.6 Å². The molecule has 0 aliphatic heterocycles. The molecule has 10 nitrogen and oxygen atoms in total. The minimum Gasteiger partial charge on any atom is -0.546 e. The van der Waals surface area contributed by atoms with E-state index in [0.29, 0.717) is 40.9 Å². The molecule has 42 heavy (non-hydrogen) atoms. The predicted octanol–water partition coefficient (Wildman–Crippen LogP) is 1.32. The third-order valence-corrected chi connectivity index (χ3v) is 6.76. The summed E-state index contributed by atoms with van der Waals surface area (Å²) in [6.45, 7) is -0.656. The van der Waals surface area contributed by atoms with E-state index in [2.05, 4.69) is 15.6 Å². The van der Waals surface area contributed by atoms with Crippen molar-refractivity contribution in [1.82, 2.24) is 4.98 Å². The number of carboxylic acid groups (broad SMARTS) is 1. The van der Waals surface area contributed by atoms with Crippen molar-refractivity contribution in [2.75, 3.05) is 24.4 Å². The number of ether oxygens (including phenoxy) is 3. The summed E-state index contributed by atoms with van der Waals surface area (Å²) in [6.07, 6.45) is 2.25. The molecule has 210 valence electrons. The van der Waals surface area contributed by atoms with Gasteiger partial charge in [0.1, 0.15) is 29.3 Å². The number of benzene rings is 3. The van der Waals surface area contributed by atoms with Crippen LogP contribution < -0.4 is 48.8 Å². The van der Waals surface area contributed by atoms with Gasteiger partial charge in [-0.05, 0) is 67.4 Å². The van der Waals surface area contributed by atoms with Crippen molar-refractivity contribution >= 4 is 51.7 Å². The molecule has 0 unspecified atom stereocenters. The van der Waals surface area contributed by atoms with Gasteiger partial charge in [0.15, 0.2) is 11.5 Å². The van der Waals surface area contributed by atoms with Crippen molar-refractivity contribution in [1.29, 1.82) is 0 Å². The smallest absolute Gasteiger partial charge is 0.546 e. The Kier molecular flexibility index (Phi) is 9.26. The first-order valence-corrected chi connectivity index (χ1v) is 12.7. The molecule has 4 aromatic rings. The standard InChI is InChI=1S/C29H23ClFN3O7.Li/c1-39-24-13-19-21(14-25(24)40-15-26(35)36)32-11-8-22(19)41-23-7-6-18(12-20(23)30)34-28(38)29(9-10-29)27(37)33-17-4-2-16(31)3-5-17;/h2-8,11-14H,9-10,15H2,1H3,(H,33,37)(H,34,38)(H,35,36);/q;+1/p-1. The first kappa shape index (κ1) is 30.7. The number of carbonyl (C=O) groups is 3. The maximum atomic E-state index is 13.2. The molecule has 0 radical (unpaired) electrons. The Morgan fingerprint density at radius 2 is 1.60 bits per heavy atom. The molecular formula is C29H22ClFLiN3O7. The number of nitrogens with one attached hydrogen (secondary N) is 2. The first-order valence-electron chi connectivity index (χ1n) is 12.3. The van der Waals surface area contributed by atoms with E-state index >= 15 is 0 Å². The van der Waals surface area contributed by atoms with Gasteiger partial charge in [0.2, 0.25) is 11.8 Å². The van der Waals surface area contributed by atoms with E-state index < -0.39 is 35.6 Å². The Balaban J connectivity index is 0.00000405. The van der Waals surface area contributed by atoms with Crippen molar-refractivity contribution in [3.05, 3.63) is 77.7 Å². The quantitative estimate of drug-likeness (QED) is 0.210. The number of halogens is 2. The number of pyridine rings is 1. The van der Waals surface area contributed by atoms with E-state index in [1.54, 1.807) is 24.3 Å². The van der Waals surface area contributed by atoms with Gasteiger partial charge in [-0.25, -0.2) is 4.39 Å². The zero-order valence-electron chi connectivity index (χ0n) is 22.5. The van der Waals surface area contributed by atoms with Gasteiger partial charge in [0.25, 0.3) is 0 Å². The molecule has 5 rings (SSSR count). The van der Waals surface area contributed by atoms with E-state index in [9.17, 15) is 23.9 Å². The SMILES string of the molecule is COc1cc2c(Oc3ccc(NC(=O)C4(C(=O)Nc5ccc(F)cc5)CC4)cc3Cl)ccnc2cc1OCC(=O)[O-].[Li+]. The molecule has 1 heterocycles. The largest absolute Gasteiger partial charge is 1.00 e. The van der Waals surface area contributed by atoms with Crippen LogP contribution in [-0.2, 0) is 14.4 Å². The van der Waals surface area contributed by atoms with Crippen LogP contribution in [0.2, 0.25) is 5.02 Å². The van der Waals surface area contributed by atoms with Crippen LogP contribution >= 0.6 is 11.6 Å². The van der Waals surface area contributed by atoms with Gasteiger partial charge in [-0.15, -0.1) is 0 Å². The number of hydrogen-bond donors (Lipinski definition) is 2. The van der Waals surface area contributed by atoms with Crippen LogP contribution in [0.25, 0.3) is 10.9 Å². The Bertz CT molecular complexity index is 1670. The topological polar surface area (TPSA) is 139 Å². The second-order valence-electron chi connectivity index (χ2n) is 9.23. The van der Waals surface area contributed by atoms with Crippen LogP contribution in [-0.4, -0.2) is 36.5 Å². The fourth-order valence-corrected chi connectivity index (χ4v) is 4.34. The Morgan fingerprint density at radius 1 is 0.929 bits per heavy atom. The van der Waals surface area contributed by atoms with Crippen LogP contribution in [0.1, 0.15) is 12.8 Å². The van der Waals surface area contributed by atoms with Crippen LogP contribution in [0, 0.1) is 11.2 Å². The average molecular weight is 586 g/mol. The number of hydrogen-bond acceptors (Lipinski definition) is 8. The van der Waals surface area contributed by atoms with Gasteiger partial charge in [0, 0.05) is 29.0 Å². The van der Waals surface area contributed by atoms with Crippen LogP contribution in [0.15, 0.2) is 66.9 Å². The maximum Gasteiger partial charge on any atom is 1.00 e. The normalized spacial score (nSPS) is 12.9. The molecular weight excluding hydrogens is 564 g/mol. The molecule has 1 aromatic heterocycles. The Labute approximate surface area is 256 Å². The number of rotatable bonds is 10. The molecule has 0 bridgehead atoms. The van der Waals surface area contributed by atoms with Crippen molar-refractivity contribution in [3.8, 4) is 23.0 Å². The van der Waals surface area contributed by atoms with Crippen molar-refractivity contribution in [2.24, 2.45) is 5.41 Å². The molecule has 3 aromatic carbocycles. The number of fused-ring (bicyclic) bond motifs is 1. The van der Waals surface area contributed by atoms with Gasteiger partial charge in [-0.1, -0.05) is 11.6 Å². The molecule has 1 fully saturated rings. The molecule has 0 spiro atoms. The van der Waals surface area contributed by atoms with Crippen LogP contribution in [0.4, 0.5) is 15.8 Å². The zero-order chi connectivity index (χ0) is 29.1. The van der Waals surface area contributed by atoms with Crippen LogP contribution in [0.3, 0.4) is 0 Å². The fraction of sp³-hybridized carbons (Fsp3) is 0.172. The molecule has 1 saturated carbocycles. The Hall–Kier alpha value is -4.30. The van der Waals surface area contributed by atoms with Gasteiger partial charge >= 0.3 is 18.9 Å². The summed E-state index contributed by atoms with van der Waals surface area (Å²) in [4.78, 5) is 40.9. The number of aliphatic carboxylic acids is 1.